The van der Waals surface area contributed by atoms with Gasteiger partial charge in [0.15, 0.2) is 5.82 Å². The number of hydrogen-bond donors (Lipinski definition) is 0. The zero-order chi connectivity index (χ0) is 12.8. The molecule has 17 heavy (non-hydrogen) atoms. The fourth-order valence-electron chi connectivity index (χ4n) is 1.49. The van der Waals surface area contributed by atoms with Crippen molar-refractivity contribution in [2.75, 3.05) is 0 Å². The second-order valence-corrected chi connectivity index (χ2v) is 3.71. The Balaban J connectivity index is 0.000000686. The van der Waals surface area contributed by atoms with Crippen molar-refractivity contribution in [3.8, 4) is 11.4 Å². The third-order valence-corrected chi connectivity index (χ3v) is 2.66. The van der Waals surface area contributed by atoms with Crippen LogP contribution in [0.2, 0.25) is 0 Å². The zero-order valence-electron chi connectivity index (χ0n) is 11.3. The second-order valence-electron chi connectivity index (χ2n) is 3.71. The Bertz CT molecular complexity index is 453. The molecule has 0 spiro atoms. The summed E-state index contributed by atoms with van der Waals surface area (Å²) in [6.07, 6.45) is 0. The summed E-state index contributed by atoms with van der Waals surface area (Å²) < 4.78 is 0. The first-order chi connectivity index (χ1) is 8.18. The van der Waals surface area contributed by atoms with Crippen LogP contribution in [-0.4, -0.2) is 9.97 Å². The van der Waals surface area contributed by atoms with Crippen molar-refractivity contribution in [3.05, 3.63) is 47.3 Å². The van der Waals surface area contributed by atoms with E-state index in [4.69, 9.17) is 0 Å². The molecule has 1 aromatic carbocycles. The first-order valence-corrected chi connectivity index (χ1v) is 6.06. The van der Waals surface area contributed by atoms with Gasteiger partial charge in [-0.3, -0.25) is 0 Å². The average molecular weight is 228 g/mol. The summed E-state index contributed by atoms with van der Waals surface area (Å²) in [4.78, 5) is 8.99. The number of rotatable bonds is 1. The molecular formula is C15H20N2. The van der Waals surface area contributed by atoms with Gasteiger partial charge in [-0.05, 0) is 26.3 Å². The van der Waals surface area contributed by atoms with Crippen LogP contribution in [0.1, 0.15) is 30.8 Å². The Morgan fingerprint density at radius 2 is 1.24 bits per heavy atom. The lowest BCUT2D eigenvalue weighted by atomic mass is 10.1. The van der Waals surface area contributed by atoms with E-state index in [0.29, 0.717) is 0 Å². The van der Waals surface area contributed by atoms with Crippen molar-refractivity contribution < 1.29 is 0 Å². The van der Waals surface area contributed by atoms with E-state index in [1.165, 1.54) is 5.56 Å². The summed E-state index contributed by atoms with van der Waals surface area (Å²) in [7, 11) is 0. The van der Waals surface area contributed by atoms with Crippen molar-refractivity contribution in [1.82, 2.24) is 9.97 Å². The molecule has 2 aromatic rings. The summed E-state index contributed by atoms with van der Waals surface area (Å²) in [6.45, 7) is 10.1. The fourth-order valence-corrected chi connectivity index (χ4v) is 1.49. The summed E-state index contributed by atoms with van der Waals surface area (Å²) in [6, 6.07) is 10.1. The van der Waals surface area contributed by atoms with Crippen LogP contribution in [-0.2, 0) is 0 Å². The SMILES string of the molecule is CC.Cc1nc(-c2ccccc2)nc(C)c1C. The van der Waals surface area contributed by atoms with Gasteiger partial charge in [-0.15, -0.1) is 0 Å². The summed E-state index contributed by atoms with van der Waals surface area (Å²) >= 11 is 0. The van der Waals surface area contributed by atoms with E-state index >= 15 is 0 Å². The molecule has 0 saturated heterocycles. The highest BCUT2D eigenvalue weighted by molar-refractivity contribution is 5.55. The number of benzene rings is 1. The van der Waals surface area contributed by atoms with Crippen LogP contribution < -0.4 is 0 Å². The van der Waals surface area contributed by atoms with Crippen molar-refractivity contribution in [2.24, 2.45) is 0 Å². The van der Waals surface area contributed by atoms with E-state index in [-0.39, 0.29) is 0 Å². The van der Waals surface area contributed by atoms with E-state index in [0.717, 1.165) is 22.8 Å². The van der Waals surface area contributed by atoms with Crippen LogP contribution in [0.5, 0.6) is 0 Å². The molecule has 1 aromatic heterocycles. The maximum Gasteiger partial charge on any atom is 0.159 e. The molecule has 2 heteroatoms. The summed E-state index contributed by atoms with van der Waals surface area (Å²) in [5.41, 5.74) is 4.36. The highest BCUT2D eigenvalue weighted by Gasteiger charge is 2.05. The minimum Gasteiger partial charge on any atom is -0.233 e. The Morgan fingerprint density at radius 3 is 1.71 bits per heavy atom. The van der Waals surface area contributed by atoms with Gasteiger partial charge in [0.2, 0.25) is 0 Å². The minimum absolute atomic E-state index is 0.816. The van der Waals surface area contributed by atoms with Gasteiger partial charge in [0.1, 0.15) is 0 Å². The Morgan fingerprint density at radius 1 is 0.765 bits per heavy atom. The first-order valence-electron chi connectivity index (χ1n) is 6.06. The van der Waals surface area contributed by atoms with Gasteiger partial charge in [-0.1, -0.05) is 44.2 Å². The van der Waals surface area contributed by atoms with Crippen LogP contribution in [0.25, 0.3) is 11.4 Å². The molecule has 0 amide bonds. The normalized spacial score (nSPS) is 9.47. The highest BCUT2D eigenvalue weighted by atomic mass is 14.9. The van der Waals surface area contributed by atoms with Gasteiger partial charge in [-0.2, -0.15) is 0 Å². The van der Waals surface area contributed by atoms with Crippen molar-refractivity contribution in [1.29, 1.82) is 0 Å². The van der Waals surface area contributed by atoms with E-state index in [1.807, 2.05) is 58.0 Å². The number of nitrogens with zero attached hydrogens (tertiary/aromatic N) is 2. The van der Waals surface area contributed by atoms with Gasteiger partial charge in [0.25, 0.3) is 0 Å². The van der Waals surface area contributed by atoms with E-state index in [9.17, 15) is 0 Å². The second kappa shape index (κ2) is 6.14. The lowest BCUT2D eigenvalue weighted by molar-refractivity contribution is 1.02. The van der Waals surface area contributed by atoms with Crippen LogP contribution in [0.4, 0.5) is 0 Å². The van der Waals surface area contributed by atoms with Crippen LogP contribution in [0.15, 0.2) is 30.3 Å². The van der Waals surface area contributed by atoms with Crippen molar-refractivity contribution >= 4 is 0 Å². The van der Waals surface area contributed by atoms with Gasteiger partial charge in [0.05, 0.1) is 0 Å². The molecule has 0 bridgehead atoms. The quantitative estimate of drug-likeness (QED) is 0.734. The van der Waals surface area contributed by atoms with Gasteiger partial charge >= 0.3 is 0 Å². The third-order valence-electron chi connectivity index (χ3n) is 2.66. The van der Waals surface area contributed by atoms with Crippen molar-refractivity contribution in [2.45, 2.75) is 34.6 Å². The van der Waals surface area contributed by atoms with E-state index < -0.39 is 0 Å². The van der Waals surface area contributed by atoms with Crippen LogP contribution in [0, 0.1) is 20.8 Å². The lowest BCUT2D eigenvalue weighted by Crippen LogP contribution is -1.98. The molecule has 0 radical (unpaired) electrons. The topological polar surface area (TPSA) is 25.8 Å². The third kappa shape index (κ3) is 3.13. The van der Waals surface area contributed by atoms with Gasteiger partial charge in [-0.25, -0.2) is 9.97 Å². The number of hydrogen-bond acceptors (Lipinski definition) is 2. The lowest BCUT2D eigenvalue weighted by Gasteiger charge is -2.06. The van der Waals surface area contributed by atoms with Gasteiger partial charge < -0.3 is 0 Å². The molecule has 0 aliphatic carbocycles. The molecule has 1 heterocycles. The van der Waals surface area contributed by atoms with E-state index in [1.54, 1.807) is 0 Å². The molecule has 90 valence electrons. The number of aryl methyl sites for hydroxylation is 2. The molecule has 0 N–H and O–H groups in total. The summed E-state index contributed by atoms with van der Waals surface area (Å²) in [5, 5.41) is 0. The van der Waals surface area contributed by atoms with Crippen LogP contribution >= 0.6 is 0 Å². The largest absolute Gasteiger partial charge is 0.233 e. The molecule has 0 unspecified atom stereocenters. The first kappa shape index (κ1) is 13.4. The molecule has 0 aliphatic rings. The zero-order valence-corrected chi connectivity index (χ0v) is 11.3. The highest BCUT2D eigenvalue weighted by Crippen LogP contribution is 2.17. The fraction of sp³-hybridized carbons (Fsp3) is 0.333. The molecular weight excluding hydrogens is 208 g/mol. The minimum atomic E-state index is 0.816. The summed E-state index contributed by atoms with van der Waals surface area (Å²) in [5.74, 6) is 0.816. The molecule has 0 atom stereocenters. The maximum atomic E-state index is 4.49. The van der Waals surface area contributed by atoms with E-state index in [2.05, 4.69) is 16.9 Å². The molecule has 0 aliphatic heterocycles. The Hall–Kier alpha value is -1.70. The molecule has 0 saturated carbocycles. The standard InChI is InChI=1S/C13H14N2.C2H6/c1-9-10(2)14-13(15-11(9)3)12-7-5-4-6-8-12;1-2/h4-8H,1-3H3;1-2H3. The smallest absolute Gasteiger partial charge is 0.159 e. The molecule has 2 rings (SSSR count). The predicted molar refractivity (Wildman–Crippen MR) is 73.0 cm³/mol. The Kier molecular flexibility index (Phi) is 4.83. The monoisotopic (exact) mass is 228 g/mol. The van der Waals surface area contributed by atoms with Crippen molar-refractivity contribution in [3.63, 3.8) is 0 Å². The van der Waals surface area contributed by atoms with Gasteiger partial charge in [0, 0.05) is 17.0 Å². The predicted octanol–water partition coefficient (Wildman–Crippen LogP) is 4.10. The Labute approximate surface area is 104 Å². The average Bonchev–Trinajstić information content (AvgIpc) is 2.39. The van der Waals surface area contributed by atoms with Crippen LogP contribution in [0.3, 0.4) is 0 Å². The molecule has 2 nitrogen and oxygen atoms in total. The number of aromatic nitrogens is 2. The molecule has 0 fully saturated rings. The maximum absolute atomic E-state index is 4.49.